The molecule has 0 aliphatic rings. The summed E-state index contributed by atoms with van der Waals surface area (Å²) in [7, 11) is 0. The largest absolute Gasteiger partial charge is 0.456 e. The molecule has 0 saturated carbocycles. The summed E-state index contributed by atoms with van der Waals surface area (Å²) in [6.07, 6.45) is -1.42. The Morgan fingerprint density at radius 3 is 1.04 bits per heavy atom. The smallest absolute Gasteiger partial charge is 0.411 e. The number of Topliss-reactive ketones (excluding diaryl/α,β-unsaturated/α-hetero) is 2. The molecule has 0 fully saturated rings. The topological polar surface area (TPSA) is 164 Å². The first-order valence-electron chi connectivity index (χ1n) is 23.6. The van der Waals surface area contributed by atoms with Gasteiger partial charge in [0.05, 0.1) is 26.4 Å². The van der Waals surface area contributed by atoms with E-state index in [0.29, 0.717) is 24.3 Å². The summed E-state index contributed by atoms with van der Waals surface area (Å²) in [5.74, 6) is -2.41. The van der Waals surface area contributed by atoms with Crippen molar-refractivity contribution in [1.29, 1.82) is 0 Å². The van der Waals surface area contributed by atoms with Crippen LogP contribution in [0.4, 0.5) is 9.59 Å². The molecule has 14 nitrogen and oxygen atoms in total. The lowest BCUT2D eigenvalue weighted by Gasteiger charge is -2.38. The molecule has 0 bridgehead atoms. The van der Waals surface area contributed by atoms with E-state index in [1.807, 2.05) is 60.7 Å². The van der Waals surface area contributed by atoms with Crippen LogP contribution >= 0.6 is 0 Å². The molecule has 1 unspecified atom stereocenters. The minimum atomic E-state index is -1.10. The third-order valence-electron chi connectivity index (χ3n) is 10.6. The molecule has 0 aromatic heterocycles. The zero-order valence-corrected chi connectivity index (χ0v) is 43.0. The average Bonchev–Trinajstić information content (AvgIpc) is 3.28. The first-order chi connectivity index (χ1) is 32.7. The molecule has 0 heterocycles. The first kappa shape index (κ1) is 56.2. The van der Waals surface area contributed by atoms with Crippen LogP contribution in [0.3, 0.4) is 0 Å². The lowest BCUT2D eigenvalue weighted by Crippen LogP contribution is -2.55. The molecule has 378 valence electrons. The molecule has 2 amide bonds. The van der Waals surface area contributed by atoms with Gasteiger partial charge in [-0.2, -0.15) is 0 Å². The molecule has 0 radical (unpaired) electrons. The molecule has 0 aliphatic heterocycles. The second kappa shape index (κ2) is 25.0. The fourth-order valence-corrected chi connectivity index (χ4v) is 7.34. The second-order valence-corrected chi connectivity index (χ2v) is 21.2. The maximum Gasteiger partial charge on any atom is 0.411 e. The van der Waals surface area contributed by atoms with E-state index in [0.717, 1.165) is 22.3 Å². The van der Waals surface area contributed by atoms with Crippen molar-refractivity contribution in [1.82, 2.24) is 9.80 Å². The van der Waals surface area contributed by atoms with Crippen LogP contribution in [0.5, 0.6) is 0 Å². The lowest BCUT2D eigenvalue weighted by molar-refractivity contribution is -0.154. The summed E-state index contributed by atoms with van der Waals surface area (Å²) < 4.78 is 34.3. The van der Waals surface area contributed by atoms with Crippen molar-refractivity contribution in [2.24, 2.45) is 10.8 Å². The Labute approximate surface area is 413 Å². The number of carbonyl (C=O) groups is 6. The Bertz CT molecular complexity index is 2170. The van der Waals surface area contributed by atoms with Gasteiger partial charge in [0.15, 0.2) is 24.8 Å². The molecule has 0 N–H and O–H groups in total. The van der Waals surface area contributed by atoms with Gasteiger partial charge in [-0.3, -0.25) is 19.4 Å². The van der Waals surface area contributed by atoms with E-state index in [1.165, 1.54) is 9.80 Å². The van der Waals surface area contributed by atoms with E-state index in [-0.39, 0.29) is 26.3 Å². The summed E-state index contributed by atoms with van der Waals surface area (Å²) in [6, 6.07) is 30.4. The predicted octanol–water partition coefficient (Wildman–Crippen LogP) is 10.5. The molecule has 0 saturated heterocycles. The van der Waals surface area contributed by atoms with Crippen molar-refractivity contribution >= 4 is 35.7 Å². The van der Waals surface area contributed by atoms with Gasteiger partial charge in [0, 0.05) is 24.2 Å². The van der Waals surface area contributed by atoms with Gasteiger partial charge in [0.25, 0.3) is 0 Å². The van der Waals surface area contributed by atoms with Crippen LogP contribution in [0.2, 0.25) is 0 Å². The van der Waals surface area contributed by atoms with Gasteiger partial charge in [-0.15, -0.1) is 0 Å². The van der Waals surface area contributed by atoms with E-state index < -0.39 is 83.0 Å². The number of rotatable bonds is 21. The van der Waals surface area contributed by atoms with Crippen LogP contribution in [0.25, 0.3) is 11.1 Å². The highest BCUT2D eigenvalue weighted by atomic mass is 16.6. The molecule has 0 spiro atoms. The molecule has 14 heteroatoms. The molecular formula is C56H72N2O12. The SMILES string of the molecule is CC(C)(C)OC(=O)N(CCOCc1ccccc1)C(C(=O)OCC(=O)c1ccc(-c2ccc(C(=O)COC(=O)[C@@H](N(CCOCc3ccccc3)C(=O)OC(C)(C)C)C(C)(C)C)cc2)cc1)C(C)(C)C. The maximum absolute atomic E-state index is 13.8. The third-order valence-corrected chi connectivity index (χ3v) is 10.6. The van der Waals surface area contributed by atoms with Crippen LogP contribution in [0, 0.1) is 10.8 Å². The molecular weight excluding hydrogens is 893 g/mol. The minimum Gasteiger partial charge on any atom is -0.456 e. The number of hydrogen-bond acceptors (Lipinski definition) is 12. The summed E-state index contributed by atoms with van der Waals surface area (Å²) in [6.45, 7) is 21.1. The predicted molar refractivity (Wildman–Crippen MR) is 267 cm³/mol. The van der Waals surface area contributed by atoms with Gasteiger partial charge in [-0.1, -0.05) is 151 Å². The van der Waals surface area contributed by atoms with E-state index in [2.05, 4.69) is 0 Å². The Morgan fingerprint density at radius 2 is 0.757 bits per heavy atom. The van der Waals surface area contributed by atoms with Gasteiger partial charge in [0.1, 0.15) is 23.3 Å². The van der Waals surface area contributed by atoms with Crippen LogP contribution in [-0.4, -0.2) is 108 Å². The number of ether oxygens (including phenoxy) is 6. The second-order valence-electron chi connectivity index (χ2n) is 21.2. The summed E-state index contributed by atoms with van der Waals surface area (Å²) in [5, 5.41) is 0. The monoisotopic (exact) mass is 965 g/mol. The van der Waals surface area contributed by atoms with Gasteiger partial charge >= 0.3 is 24.1 Å². The third kappa shape index (κ3) is 18.2. The van der Waals surface area contributed by atoms with Crippen LogP contribution in [0.15, 0.2) is 109 Å². The van der Waals surface area contributed by atoms with Gasteiger partial charge in [-0.25, -0.2) is 19.2 Å². The number of carbonyl (C=O) groups excluding carboxylic acids is 6. The van der Waals surface area contributed by atoms with E-state index in [9.17, 15) is 28.8 Å². The highest BCUT2D eigenvalue weighted by Crippen LogP contribution is 2.30. The fourth-order valence-electron chi connectivity index (χ4n) is 7.34. The van der Waals surface area contributed by atoms with Crippen LogP contribution in [0.1, 0.15) is 115 Å². The zero-order valence-electron chi connectivity index (χ0n) is 43.0. The zero-order chi connectivity index (χ0) is 51.9. The maximum atomic E-state index is 13.8. The van der Waals surface area contributed by atoms with E-state index in [1.54, 1.807) is 132 Å². The van der Waals surface area contributed by atoms with Gasteiger partial charge in [-0.05, 0) is 74.6 Å². The quantitative estimate of drug-likeness (QED) is 0.0336. The van der Waals surface area contributed by atoms with Crippen LogP contribution in [-0.2, 0) is 51.2 Å². The first-order valence-corrected chi connectivity index (χ1v) is 23.6. The Morgan fingerprint density at radius 1 is 0.443 bits per heavy atom. The molecule has 2 atom stereocenters. The van der Waals surface area contributed by atoms with Crippen molar-refractivity contribution in [2.75, 3.05) is 39.5 Å². The highest BCUT2D eigenvalue weighted by Gasteiger charge is 2.43. The number of benzene rings is 4. The Balaban J connectivity index is 1.37. The number of nitrogens with zero attached hydrogens (tertiary/aromatic N) is 2. The summed E-state index contributed by atoms with van der Waals surface area (Å²) >= 11 is 0. The van der Waals surface area contributed by atoms with Crippen LogP contribution < -0.4 is 0 Å². The summed E-state index contributed by atoms with van der Waals surface area (Å²) in [5.41, 5.74) is 0.737. The number of ketones is 2. The Kier molecular flexibility index (Phi) is 20.0. The number of hydrogen-bond donors (Lipinski definition) is 0. The lowest BCUT2D eigenvalue weighted by atomic mass is 9.85. The van der Waals surface area contributed by atoms with Gasteiger partial charge in [0.2, 0.25) is 0 Å². The van der Waals surface area contributed by atoms with Gasteiger partial charge < -0.3 is 28.4 Å². The highest BCUT2D eigenvalue weighted by molar-refractivity contribution is 6.00. The molecule has 4 aromatic carbocycles. The molecule has 4 rings (SSSR count). The van der Waals surface area contributed by atoms with Crippen molar-refractivity contribution < 1.29 is 57.2 Å². The van der Waals surface area contributed by atoms with Crippen molar-refractivity contribution in [3.05, 3.63) is 131 Å². The van der Waals surface area contributed by atoms with E-state index >= 15 is 0 Å². The van der Waals surface area contributed by atoms with Crippen molar-refractivity contribution in [3.8, 4) is 11.1 Å². The molecule has 4 aromatic rings. The molecule has 70 heavy (non-hydrogen) atoms. The average molecular weight is 965 g/mol. The summed E-state index contributed by atoms with van der Waals surface area (Å²) in [4.78, 5) is 84.0. The minimum absolute atomic E-state index is 0.0396. The molecule has 0 aliphatic carbocycles. The number of esters is 2. The normalized spacial score (nSPS) is 12.8. The fraction of sp³-hybridized carbons (Fsp3) is 0.464. The standard InChI is InChI=1S/C56H72N2O12/c1-53(2,3)47(57(51(63)69-55(7,8)9)31-33-65-35-39-19-15-13-16-20-39)49(61)67-37-45(59)43-27-23-41(24-28-43)42-25-29-44(30-26-42)46(60)38-68-50(62)48(54(4,5)6)58(52(64)70-56(10,11)12)32-34-66-36-40-21-17-14-18-22-40/h13-30,47-48H,31-38H2,1-12H3/t47-,48?/m1/s1. The van der Waals surface area contributed by atoms with E-state index in [4.69, 9.17) is 28.4 Å². The Hall–Kier alpha value is -6.38. The van der Waals surface area contributed by atoms with Crippen molar-refractivity contribution in [2.45, 2.75) is 120 Å². The van der Waals surface area contributed by atoms with Crippen molar-refractivity contribution in [3.63, 3.8) is 0 Å². The number of amides is 2.